The summed E-state index contributed by atoms with van der Waals surface area (Å²) in [5, 5.41) is 3.20. The molecule has 1 aromatic rings. The summed E-state index contributed by atoms with van der Waals surface area (Å²) in [5.41, 5.74) is 0.846. The predicted octanol–water partition coefficient (Wildman–Crippen LogP) is 2.53. The number of hydrogen-bond donors (Lipinski definition) is 1. The minimum atomic E-state index is -0.194. The van der Waals surface area contributed by atoms with Gasteiger partial charge < -0.3 is 10.2 Å². The first-order valence-electron chi connectivity index (χ1n) is 5.39. The number of nitrogens with zero attached hydrogens (tertiary/aromatic N) is 1. The monoisotopic (exact) mass is 242 g/mol. The molecule has 90 valence electrons. The number of hydrogen-bond acceptors (Lipinski definition) is 3. The molecule has 0 aromatic heterocycles. The van der Waals surface area contributed by atoms with E-state index in [9.17, 15) is 4.39 Å². The predicted molar refractivity (Wildman–Crippen MR) is 70.8 cm³/mol. The molecule has 0 aliphatic rings. The van der Waals surface area contributed by atoms with Crippen molar-refractivity contribution in [3.8, 4) is 0 Å². The van der Waals surface area contributed by atoms with E-state index in [2.05, 4.69) is 23.5 Å². The van der Waals surface area contributed by atoms with Gasteiger partial charge in [-0.05, 0) is 31.5 Å². The molecule has 0 amide bonds. The van der Waals surface area contributed by atoms with Gasteiger partial charge in [-0.15, -0.1) is 0 Å². The summed E-state index contributed by atoms with van der Waals surface area (Å²) in [6.45, 7) is 2.90. The zero-order valence-electron chi connectivity index (χ0n) is 9.87. The highest BCUT2D eigenvalue weighted by atomic mass is 32.2. The van der Waals surface area contributed by atoms with Crippen LogP contribution in [-0.2, 0) is 0 Å². The molecule has 0 aliphatic carbocycles. The lowest BCUT2D eigenvalue weighted by Crippen LogP contribution is -2.27. The lowest BCUT2D eigenvalue weighted by Gasteiger charge is -2.16. The molecule has 0 bridgehead atoms. The minimum absolute atomic E-state index is 0.194. The molecule has 0 fully saturated rings. The van der Waals surface area contributed by atoms with Crippen LogP contribution < -0.4 is 5.32 Å². The van der Waals surface area contributed by atoms with E-state index in [1.165, 1.54) is 12.1 Å². The largest absolute Gasteiger partial charge is 0.384 e. The molecule has 1 aromatic carbocycles. The van der Waals surface area contributed by atoms with Crippen molar-refractivity contribution in [3.63, 3.8) is 0 Å². The van der Waals surface area contributed by atoms with Crippen molar-refractivity contribution in [2.24, 2.45) is 0 Å². The molecule has 4 heteroatoms. The van der Waals surface area contributed by atoms with Crippen LogP contribution in [0.1, 0.15) is 0 Å². The number of thioether (sulfide) groups is 1. The SMILES string of the molecule is CSCCN(C)CCNc1cccc(F)c1. The number of halogens is 1. The summed E-state index contributed by atoms with van der Waals surface area (Å²) in [5.74, 6) is 0.956. The highest BCUT2D eigenvalue weighted by molar-refractivity contribution is 7.98. The van der Waals surface area contributed by atoms with Crippen LogP contribution in [-0.4, -0.2) is 43.6 Å². The van der Waals surface area contributed by atoms with Gasteiger partial charge in [0.15, 0.2) is 0 Å². The summed E-state index contributed by atoms with van der Waals surface area (Å²) < 4.78 is 12.9. The fourth-order valence-corrected chi connectivity index (χ4v) is 1.84. The van der Waals surface area contributed by atoms with Crippen molar-refractivity contribution >= 4 is 17.4 Å². The maximum Gasteiger partial charge on any atom is 0.125 e. The van der Waals surface area contributed by atoms with Gasteiger partial charge in [-0.3, -0.25) is 0 Å². The standard InChI is InChI=1S/C12H19FN2S/c1-15(8-9-16-2)7-6-14-12-5-3-4-11(13)10-12/h3-5,10,14H,6-9H2,1-2H3. The van der Waals surface area contributed by atoms with Crippen LogP contribution in [0, 0.1) is 5.82 Å². The number of anilines is 1. The first-order valence-corrected chi connectivity index (χ1v) is 6.78. The number of rotatable bonds is 7. The summed E-state index contributed by atoms with van der Waals surface area (Å²) in [6, 6.07) is 6.57. The molecular weight excluding hydrogens is 223 g/mol. The molecule has 1 rings (SSSR count). The second-order valence-electron chi connectivity index (χ2n) is 3.73. The van der Waals surface area contributed by atoms with Crippen molar-refractivity contribution in [3.05, 3.63) is 30.1 Å². The second-order valence-corrected chi connectivity index (χ2v) is 4.72. The second kappa shape index (κ2) is 7.52. The van der Waals surface area contributed by atoms with Gasteiger partial charge in [0.1, 0.15) is 5.82 Å². The van der Waals surface area contributed by atoms with Crippen molar-refractivity contribution in [2.45, 2.75) is 0 Å². The molecule has 0 saturated heterocycles. The molecule has 0 unspecified atom stereocenters. The Morgan fingerprint density at radius 3 is 2.88 bits per heavy atom. The van der Waals surface area contributed by atoms with E-state index in [1.807, 2.05) is 17.8 Å². The van der Waals surface area contributed by atoms with Crippen molar-refractivity contribution in [1.29, 1.82) is 0 Å². The zero-order chi connectivity index (χ0) is 11.8. The van der Waals surface area contributed by atoms with E-state index in [4.69, 9.17) is 0 Å². The van der Waals surface area contributed by atoms with E-state index in [-0.39, 0.29) is 5.82 Å². The summed E-state index contributed by atoms with van der Waals surface area (Å²) in [6.07, 6.45) is 2.11. The van der Waals surface area contributed by atoms with Crippen LogP contribution in [0.15, 0.2) is 24.3 Å². The first-order chi connectivity index (χ1) is 7.72. The van der Waals surface area contributed by atoms with Crippen LogP contribution in [0.5, 0.6) is 0 Å². The maximum atomic E-state index is 12.9. The average molecular weight is 242 g/mol. The Morgan fingerprint density at radius 2 is 2.19 bits per heavy atom. The van der Waals surface area contributed by atoms with Crippen LogP contribution in [0.2, 0.25) is 0 Å². The van der Waals surface area contributed by atoms with Gasteiger partial charge in [0.2, 0.25) is 0 Å². The third kappa shape index (κ3) is 5.37. The van der Waals surface area contributed by atoms with E-state index >= 15 is 0 Å². The highest BCUT2D eigenvalue weighted by Crippen LogP contribution is 2.08. The van der Waals surface area contributed by atoms with Crippen LogP contribution >= 0.6 is 11.8 Å². The Hall–Kier alpha value is -0.740. The molecule has 0 spiro atoms. The van der Waals surface area contributed by atoms with Gasteiger partial charge >= 0.3 is 0 Å². The highest BCUT2D eigenvalue weighted by Gasteiger charge is 1.98. The first kappa shape index (κ1) is 13.3. The van der Waals surface area contributed by atoms with E-state index in [1.54, 1.807) is 6.07 Å². The lowest BCUT2D eigenvalue weighted by atomic mass is 10.3. The van der Waals surface area contributed by atoms with Crippen LogP contribution in [0.25, 0.3) is 0 Å². The quantitative estimate of drug-likeness (QED) is 0.791. The number of nitrogens with one attached hydrogen (secondary N) is 1. The van der Waals surface area contributed by atoms with Gasteiger partial charge in [0, 0.05) is 31.1 Å². The van der Waals surface area contributed by atoms with Crippen LogP contribution in [0.4, 0.5) is 10.1 Å². The Balaban J connectivity index is 2.20. The Bertz CT molecular complexity index is 307. The molecule has 0 aliphatic heterocycles. The molecule has 2 nitrogen and oxygen atoms in total. The zero-order valence-corrected chi connectivity index (χ0v) is 10.7. The number of likely N-dealkylation sites (N-methyl/N-ethyl adjacent to an activating group) is 1. The summed E-state index contributed by atoms with van der Waals surface area (Å²) in [7, 11) is 2.10. The third-order valence-corrected chi connectivity index (χ3v) is 2.92. The average Bonchev–Trinajstić information content (AvgIpc) is 2.26. The van der Waals surface area contributed by atoms with E-state index in [0.717, 1.165) is 31.1 Å². The minimum Gasteiger partial charge on any atom is -0.384 e. The van der Waals surface area contributed by atoms with Gasteiger partial charge in [-0.25, -0.2) is 4.39 Å². The Kier molecular flexibility index (Phi) is 6.26. The lowest BCUT2D eigenvalue weighted by molar-refractivity contribution is 0.370. The fourth-order valence-electron chi connectivity index (χ4n) is 1.35. The topological polar surface area (TPSA) is 15.3 Å². The maximum absolute atomic E-state index is 12.9. The summed E-state index contributed by atoms with van der Waals surface area (Å²) >= 11 is 1.85. The summed E-state index contributed by atoms with van der Waals surface area (Å²) in [4.78, 5) is 2.27. The third-order valence-electron chi connectivity index (χ3n) is 2.32. The molecule has 0 atom stereocenters. The van der Waals surface area contributed by atoms with Gasteiger partial charge in [-0.1, -0.05) is 6.07 Å². The van der Waals surface area contributed by atoms with Gasteiger partial charge in [-0.2, -0.15) is 11.8 Å². The van der Waals surface area contributed by atoms with E-state index in [0.29, 0.717) is 0 Å². The van der Waals surface area contributed by atoms with Crippen molar-refractivity contribution in [2.75, 3.05) is 44.0 Å². The molecule has 0 heterocycles. The smallest absolute Gasteiger partial charge is 0.125 e. The molecule has 0 radical (unpaired) electrons. The molecule has 16 heavy (non-hydrogen) atoms. The number of benzene rings is 1. The van der Waals surface area contributed by atoms with Crippen molar-refractivity contribution < 1.29 is 4.39 Å². The van der Waals surface area contributed by atoms with Gasteiger partial charge in [0.05, 0.1) is 0 Å². The molecule has 1 N–H and O–H groups in total. The van der Waals surface area contributed by atoms with Crippen LogP contribution in [0.3, 0.4) is 0 Å². The Morgan fingerprint density at radius 1 is 1.38 bits per heavy atom. The Labute approximate surface area is 101 Å². The molecule has 0 saturated carbocycles. The van der Waals surface area contributed by atoms with Crippen molar-refractivity contribution in [1.82, 2.24) is 4.90 Å². The van der Waals surface area contributed by atoms with Gasteiger partial charge in [0.25, 0.3) is 0 Å². The molecular formula is C12H19FN2S. The fraction of sp³-hybridized carbons (Fsp3) is 0.500. The normalized spacial score (nSPS) is 10.8. The van der Waals surface area contributed by atoms with E-state index < -0.39 is 0 Å².